The number of aromatic nitrogens is 1. The molecule has 0 saturated carbocycles. The first-order valence-corrected chi connectivity index (χ1v) is 5.80. The van der Waals surface area contributed by atoms with Crippen LogP contribution in [0.25, 0.3) is 0 Å². The van der Waals surface area contributed by atoms with Gasteiger partial charge in [-0.15, -0.1) is 0 Å². The minimum Gasteiger partial charge on any atom is -0.477 e. The highest BCUT2D eigenvalue weighted by Crippen LogP contribution is 2.13. The molecule has 2 N–H and O–H groups in total. The summed E-state index contributed by atoms with van der Waals surface area (Å²) in [5.41, 5.74) is 0.0826. The van der Waals surface area contributed by atoms with Gasteiger partial charge in [0.25, 0.3) is 0 Å². The molecule has 5 heteroatoms. The van der Waals surface area contributed by atoms with Gasteiger partial charge in [0.05, 0.1) is 0 Å². The van der Waals surface area contributed by atoms with Crippen LogP contribution in [-0.2, 0) is 0 Å². The molecule has 17 heavy (non-hydrogen) atoms. The first-order valence-electron chi connectivity index (χ1n) is 5.80. The summed E-state index contributed by atoms with van der Waals surface area (Å²) in [7, 11) is 2.09. The van der Waals surface area contributed by atoms with Crippen LogP contribution in [0.5, 0.6) is 0 Å². The molecular weight excluding hydrogens is 218 g/mol. The van der Waals surface area contributed by atoms with E-state index in [4.69, 9.17) is 5.11 Å². The lowest BCUT2D eigenvalue weighted by molar-refractivity contribution is 0.0690. The molecule has 0 amide bonds. The summed E-state index contributed by atoms with van der Waals surface area (Å²) in [5.74, 6) is -0.348. The van der Waals surface area contributed by atoms with E-state index in [2.05, 4.69) is 22.2 Å². The summed E-state index contributed by atoms with van der Waals surface area (Å²) in [5, 5.41) is 12.1. The third kappa shape index (κ3) is 3.17. The number of carboxylic acid groups (broad SMARTS) is 1. The van der Waals surface area contributed by atoms with Gasteiger partial charge in [0, 0.05) is 12.6 Å². The van der Waals surface area contributed by atoms with E-state index in [1.807, 2.05) is 0 Å². The summed E-state index contributed by atoms with van der Waals surface area (Å²) < 4.78 is 0. The van der Waals surface area contributed by atoms with E-state index in [1.54, 1.807) is 12.1 Å². The van der Waals surface area contributed by atoms with Gasteiger partial charge >= 0.3 is 5.97 Å². The third-order valence-corrected chi connectivity index (χ3v) is 2.94. The molecule has 2 heterocycles. The van der Waals surface area contributed by atoms with Crippen molar-refractivity contribution in [1.29, 1.82) is 0 Å². The number of likely N-dealkylation sites (tertiary alicyclic amines) is 1. The van der Waals surface area contributed by atoms with Crippen LogP contribution in [-0.4, -0.2) is 47.1 Å². The van der Waals surface area contributed by atoms with Crippen LogP contribution in [0.15, 0.2) is 18.2 Å². The number of carbonyl (C=O) groups is 1. The Morgan fingerprint density at radius 3 is 3.12 bits per heavy atom. The number of nitrogens with zero attached hydrogens (tertiary/aromatic N) is 2. The van der Waals surface area contributed by atoms with Crippen molar-refractivity contribution < 1.29 is 9.90 Å². The lowest BCUT2D eigenvalue weighted by atomic mass is 10.1. The second-order valence-corrected chi connectivity index (χ2v) is 4.46. The number of hydrogen-bond acceptors (Lipinski definition) is 4. The van der Waals surface area contributed by atoms with Crippen LogP contribution in [0.2, 0.25) is 0 Å². The Labute approximate surface area is 100 Å². The highest BCUT2D eigenvalue weighted by molar-refractivity contribution is 5.85. The van der Waals surface area contributed by atoms with Crippen LogP contribution >= 0.6 is 0 Å². The number of piperidine rings is 1. The summed E-state index contributed by atoms with van der Waals surface area (Å²) >= 11 is 0. The van der Waals surface area contributed by atoms with Gasteiger partial charge in [0.2, 0.25) is 0 Å². The molecule has 92 valence electrons. The number of hydrogen-bond donors (Lipinski definition) is 2. The van der Waals surface area contributed by atoms with E-state index in [0.29, 0.717) is 11.9 Å². The molecule has 0 aromatic carbocycles. The van der Waals surface area contributed by atoms with Crippen molar-refractivity contribution in [2.24, 2.45) is 0 Å². The van der Waals surface area contributed by atoms with Crippen molar-refractivity contribution >= 4 is 11.8 Å². The minimum absolute atomic E-state index is 0.0826. The zero-order valence-corrected chi connectivity index (χ0v) is 9.89. The van der Waals surface area contributed by atoms with E-state index < -0.39 is 5.97 Å². The Kier molecular flexibility index (Phi) is 3.58. The van der Waals surface area contributed by atoms with Gasteiger partial charge in [-0.1, -0.05) is 6.07 Å². The number of nitrogens with one attached hydrogen (secondary N) is 1. The third-order valence-electron chi connectivity index (χ3n) is 2.94. The first kappa shape index (κ1) is 11.9. The fourth-order valence-electron chi connectivity index (χ4n) is 2.13. The fraction of sp³-hybridized carbons (Fsp3) is 0.500. The largest absolute Gasteiger partial charge is 0.477 e. The van der Waals surface area contributed by atoms with Crippen LogP contribution in [0.4, 0.5) is 5.82 Å². The van der Waals surface area contributed by atoms with E-state index >= 15 is 0 Å². The lowest BCUT2D eigenvalue weighted by Gasteiger charge is -2.30. The van der Waals surface area contributed by atoms with Gasteiger partial charge in [-0.05, 0) is 38.6 Å². The topological polar surface area (TPSA) is 65.5 Å². The van der Waals surface area contributed by atoms with Gasteiger partial charge in [0.1, 0.15) is 5.82 Å². The zero-order valence-electron chi connectivity index (χ0n) is 9.89. The first-order chi connectivity index (χ1) is 8.15. The van der Waals surface area contributed by atoms with Gasteiger partial charge < -0.3 is 15.3 Å². The molecule has 5 nitrogen and oxygen atoms in total. The van der Waals surface area contributed by atoms with Crippen molar-refractivity contribution in [3.63, 3.8) is 0 Å². The Balaban J connectivity index is 2.02. The lowest BCUT2D eigenvalue weighted by Crippen LogP contribution is -2.39. The smallest absolute Gasteiger partial charge is 0.354 e. The molecule has 1 aromatic rings. The maximum Gasteiger partial charge on any atom is 0.354 e. The maximum absolute atomic E-state index is 10.8. The average Bonchev–Trinajstić information content (AvgIpc) is 2.29. The number of carboxylic acids is 1. The van der Waals surface area contributed by atoms with Gasteiger partial charge in [-0.25, -0.2) is 9.78 Å². The number of pyridine rings is 1. The second-order valence-electron chi connectivity index (χ2n) is 4.46. The molecule has 1 aliphatic rings. The van der Waals surface area contributed by atoms with Crippen LogP contribution in [0.1, 0.15) is 23.3 Å². The Morgan fingerprint density at radius 1 is 1.59 bits per heavy atom. The Hall–Kier alpha value is -1.62. The predicted molar refractivity (Wildman–Crippen MR) is 65.3 cm³/mol. The van der Waals surface area contributed by atoms with Crippen molar-refractivity contribution in [2.75, 3.05) is 25.5 Å². The molecular formula is C12H17N3O2. The fourth-order valence-corrected chi connectivity index (χ4v) is 2.13. The highest BCUT2D eigenvalue weighted by atomic mass is 16.4. The SMILES string of the molecule is CN1CCCC(Nc2cccc(C(=O)O)n2)C1. The molecule has 0 bridgehead atoms. The molecule has 1 atom stereocenters. The van der Waals surface area contributed by atoms with Gasteiger partial charge in [-0.3, -0.25) is 0 Å². The summed E-state index contributed by atoms with van der Waals surface area (Å²) in [6.07, 6.45) is 2.26. The van der Waals surface area contributed by atoms with E-state index in [-0.39, 0.29) is 5.69 Å². The van der Waals surface area contributed by atoms with Crippen LogP contribution < -0.4 is 5.32 Å². The molecule has 1 unspecified atom stereocenters. The number of likely N-dealkylation sites (N-methyl/N-ethyl adjacent to an activating group) is 1. The van der Waals surface area contributed by atoms with Crippen molar-refractivity contribution in [2.45, 2.75) is 18.9 Å². The molecule has 0 aliphatic carbocycles. The van der Waals surface area contributed by atoms with Crippen molar-refractivity contribution in [3.8, 4) is 0 Å². The monoisotopic (exact) mass is 235 g/mol. The molecule has 2 rings (SSSR count). The summed E-state index contributed by atoms with van der Waals surface area (Å²) in [6.45, 7) is 2.10. The minimum atomic E-state index is -0.991. The second kappa shape index (κ2) is 5.14. The van der Waals surface area contributed by atoms with E-state index in [9.17, 15) is 4.79 Å². The Bertz CT molecular complexity index is 408. The molecule has 1 aliphatic heterocycles. The quantitative estimate of drug-likeness (QED) is 0.826. The molecule has 1 fully saturated rings. The van der Waals surface area contributed by atoms with Crippen LogP contribution in [0.3, 0.4) is 0 Å². The number of aromatic carboxylic acids is 1. The van der Waals surface area contributed by atoms with E-state index in [1.165, 1.54) is 6.07 Å². The summed E-state index contributed by atoms with van der Waals surface area (Å²) in [6, 6.07) is 5.37. The van der Waals surface area contributed by atoms with Gasteiger partial charge in [-0.2, -0.15) is 0 Å². The Morgan fingerprint density at radius 2 is 2.41 bits per heavy atom. The number of rotatable bonds is 3. The van der Waals surface area contributed by atoms with Crippen molar-refractivity contribution in [3.05, 3.63) is 23.9 Å². The van der Waals surface area contributed by atoms with E-state index in [0.717, 1.165) is 25.9 Å². The average molecular weight is 235 g/mol. The molecule has 0 spiro atoms. The molecule has 1 saturated heterocycles. The molecule has 0 radical (unpaired) electrons. The van der Waals surface area contributed by atoms with Crippen LogP contribution in [0, 0.1) is 0 Å². The zero-order chi connectivity index (χ0) is 12.3. The molecule has 1 aromatic heterocycles. The van der Waals surface area contributed by atoms with Gasteiger partial charge in [0.15, 0.2) is 5.69 Å². The maximum atomic E-state index is 10.8. The normalized spacial score (nSPS) is 21.1. The summed E-state index contributed by atoms with van der Waals surface area (Å²) in [4.78, 5) is 17.1. The standard InChI is InChI=1S/C12H17N3O2/c1-15-7-3-4-9(8-15)13-11-6-2-5-10(14-11)12(16)17/h2,5-6,9H,3-4,7-8H2,1H3,(H,13,14)(H,16,17). The van der Waals surface area contributed by atoms with Crippen molar-refractivity contribution in [1.82, 2.24) is 9.88 Å². The highest BCUT2D eigenvalue weighted by Gasteiger charge is 2.17. The number of anilines is 1. The predicted octanol–water partition coefficient (Wildman–Crippen LogP) is 1.29.